The maximum atomic E-state index is 12.2. The molecule has 0 bridgehead atoms. The molecule has 0 heterocycles. The first-order valence-corrected chi connectivity index (χ1v) is 9.17. The van der Waals surface area contributed by atoms with Gasteiger partial charge in [0.2, 0.25) is 0 Å². The van der Waals surface area contributed by atoms with E-state index >= 15 is 0 Å². The van der Waals surface area contributed by atoms with E-state index < -0.39 is 11.8 Å². The monoisotopic (exact) mass is 416 g/mol. The van der Waals surface area contributed by atoms with Gasteiger partial charge in [-0.15, -0.1) is 0 Å². The van der Waals surface area contributed by atoms with Crippen LogP contribution in [-0.4, -0.2) is 37.1 Å². The molecular weight excluding hydrogens is 396 g/mol. The molecule has 0 aliphatic carbocycles. The van der Waals surface area contributed by atoms with Gasteiger partial charge in [-0.1, -0.05) is 29.8 Å². The summed E-state index contributed by atoms with van der Waals surface area (Å²) in [5.41, 5.74) is 4.13. The number of rotatable bonds is 7. The molecular formula is C20H21ClN4O4. The van der Waals surface area contributed by atoms with Gasteiger partial charge in [-0.2, -0.15) is 5.10 Å². The Morgan fingerprint density at radius 3 is 2.66 bits per heavy atom. The Kier molecular flexibility index (Phi) is 8.17. The minimum absolute atomic E-state index is 0.234. The van der Waals surface area contributed by atoms with Crippen LogP contribution in [0.25, 0.3) is 0 Å². The second kappa shape index (κ2) is 10.8. The van der Waals surface area contributed by atoms with Crippen LogP contribution in [0, 0.1) is 6.92 Å². The number of nitrogens with one attached hydrogen (secondary N) is 3. The third-order valence-corrected chi connectivity index (χ3v) is 3.90. The van der Waals surface area contributed by atoms with E-state index in [1.807, 2.05) is 6.92 Å². The first-order valence-electron chi connectivity index (χ1n) is 8.79. The number of benzene rings is 2. The molecule has 2 rings (SSSR count). The molecule has 9 heteroatoms. The van der Waals surface area contributed by atoms with Gasteiger partial charge in [0, 0.05) is 22.8 Å². The molecule has 0 fully saturated rings. The van der Waals surface area contributed by atoms with Gasteiger partial charge in [0.05, 0.1) is 6.21 Å². The summed E-state index contributed by atoms with van der Waals surface area (Å²) in [6.07, 6.45) is 1.32. The summed E-state index contributed by atoms with van der Waals surface area (Å²) in [5.74, 6) is -1.62. The van der Waals surface area contributed by atoms with E-state index in [2.05, 4.69) is 21.2 Å². The van der Waals surface area contributed by atoms with Gasteiger partial charge < -0.3 is 15.4 Å². The summed E-state index contributed by atoms with van der Waals surface area (Å²) in [7, 11) is 0. The fourth-order valence-corrected chi connectivity index (χ4v) is 2.40. The van der Waals surface area contributed by atoms with Crippen molar-refractivity contribution in [3.63, 3.8) is 0 Å². The zero-order valence-corrected chi connectivity index (χ0v) is 16.7. The van der Waals surface area contributed by atoms with Crippen molar-refractivity contribution in [2.75, 3.05) is 18.5 Å². The van der Waals surface area contributed by atoms with Crippen molar-refractivity contribution in [1.29, 1.82) is 0 Å². The van der Waals surface area contributed by atoms with Crippen molar-refractivity contribution in [3.05, 3.63) is 58.6 Å². The lowest BCUT2D eigenvalue weighted by Gasteiger charge is -2.11. The number of amides is 3. The molecule has 2 aromatic carbocycles. The summed E-state index contributed by atoms with van der Waals surface area (Å²) in [5, 5.41) is 9.36. The molecule has 0 aliphatic heterocycles. The number of hydrogen-bond acceptors (Lipinski definition) is 5. The van der Waals surface area contributed by atoms with Crippen molar-refractivity contribution in [2.24, 2.45) is 5.10 Å². The van der Waals surface area contributed by atoms with E-state index in [9.17, 15) is 14.4 Å². The van der Waals surface area contributed by atoms with E-state index in [-0.39, 0.29) is 12.5 Å². The number of carbonyl (C=O) groups is 3. The third kappa shape index (κ3) is 6.93. The van der Waals surface area contributed by atoms with E-state index in [1.54, 1.807) is 49.4 Å². The minimum atomic E-state index is -0.877. The molecule has 152 valence electrons. The SMILES string of the molecule is CCNC(=O)C(=O)N/N=C\c1ccccc1OCC(=O)Nc1cc(Cl)ccc1C. The number of ether oxygens (including phenoxy) is 1. The van der Waals surface area contributed by atoms with Crippen LogP contribution in [0.4, 0.5) is 5.69 Å². The summed E-state index contributed by atoms with van der Waals surface area (Å²) >= 11 is 5.95. The molecule has 3 N–H and O–H groups in total. The number of anilines is 1. The zero-order chi connectivity index (χ0) is 21.2. The molecule has 0 aliphatic rings. The highest BCUT2D eigenvalue weighted by atomic mass is 35.5. The Bertz CT molecular complexity index is 930. The average molecular weight is 417 g/mol. The van der Waals surface area contributed by atoms with Crippen molar-refractivity contribution in [1.82, 2.24) is 10.7 Å². The number of hydrogen-bond donors (Lipinski definition) is 3. The van der Waals surface area contributed by atoms with Crippen LogP contribution >= 0.6 is 11.6 Å². The van der Waals surface area contributed by atoms with Gasteiger partial charge in [0.25, 0.3) is 5.91 Å². The molecule has 0 saturated heterocycles. The Morgan fingerprint density at radius 2 is 1.90 bits per heavy atom. The quantitative estimate of drug-likeness (QED) is 0.365. The molecule has 0 atom stereocenters. The van der Waals surface area contributed by atoms with Crippen molar-refractivity contribution in [3.8, 4) is 5.75 Å². The predicted octanol–water partition coefficient (Wildman–Crippen LogP) is 2.25. The summed E-state index contributed by atoms with van der Waals surface area (Å²) < 4.78 is 5.56. The lowest BCUT2D eigenvalue weighted by Crippen LogP contribution is -2.37. The van der Waals surface area contributed by atoms with Crippen LogP contribution in [-0.2, 0) is 14.4 Å². The summed E-state index contributed by atoms with van der Waals surface area (Å²) in [4.78, 5) is 35.1. The van der Waals surface area contributed by atoms with Crippen LogP contribution in [0.2, 0.25) is 5.02 Å². The smallest absolute Gasteiger partial charge is 0.329 e. The van der Waals surface area contributed by atoms with Crippen molar-refractivity contribution < 1.29 is 19.1 Å². The standard InChI is InChI=1S/C20H21ClN4O4/c1-3-22-19(27)20(28)25-23-11-14-6-4-5-7-17(14)29-12-18(26)24-16-10-15(21)9-8-13(16)2/h4-11H,3,12H2,1-2H3,(H,22,27)(H,24,26)(H,25,28)/b23-11-. The fraction of sp³-hybridized carbons (Fsp3) is 0.200. The maximum Gasteiger partial charge on any atom is 0.329 e. The van der Waals surface area contributed by atoms with Crippen LogP contribution in [0.5, 0.6) is 5.75 Å². The maximum absolute atomic E-state index is 12.2. The highest BCUT2D eigenvalue weighted by molar-refractivity contribution is 6.35. The second-order valence-corrected chi connectivity index (χ2v) is 6.33. The Hall–Kier alpha value is -3.39. The number of nitrogens with zero attached hydrogens (tertiary/aromatic N) is 1. The molecule has 29 heavy (non-hydrogen) atoms. The van der Waals surface area contributed by atoms with Gasteiger partial charge in [-0.05, 0) is 43.7 Å². The minimum Gasteiger partial charge on any atom is -0.483 e. The summed E-state index contributed by atoms with van der Waals surface area (Å²) in [6, 6.07) is 12.0. The van der Waals surface area contributed by atoms with Gasteiger partial charge in [0.1, 0.15) is 5.75 Å². The Balaban J connectivity index is 1.95. The number of likely N-dealkylation sites (N-methyl/N-ethyl adjacent to an activating group) is 1. The highest BCUT2D eigenvalue weighted by Crippen LogP contribution is 2.20. The second-order valence-electron chi connectivity index (χ2n) is 5.89. The first kappa shape index (κ1) is 21.9. The van der Waals surface area contributed by atoms with Crippen LogP contribution in [0.15, 0.2) is 47.6 Å². The highest BCUT2D eigenvalue weighted by Gasteiger charge is 2.11. The van der Waals surface area contributed by atoms with Crippen LogP contribution in [0.1, 0.15) is 18.1 Å². The molecule has 8 nitrogen and oxygen atoms in total. The average Bonchev–Trinajstić information content (AvgIpc) is 2.70. The van der Waals surface area contributed by atoms with Gasteiger partial charge in [-0.3, -0.25) is 14.4 Å². The Labute approximate surface area is 173 Å². The Morgan fingerprint density at radius 1 is 1.14 bits per heavy atom. The van der Waals surface area contributed by atoms with Gasteiger partial charge >= 0.3 is 11.8 Å². The molecule has 0 aromatic heterocycles. The number of aryl methyl sites for hydroxylation is 1. The normalized spacial score (nSPS) is 10.4. The number of para-hydroxylation sites is 1. The van der Waals surface area contributed by atoms with Crippen LogP contribution < -0.4 is 20.8 Å². The zero-order valence-electron chi connectivity index (χ0n) is 16.0. The predicted molar refractivity (Wildman–Crippen MR) is 111 cm³/mol. The molecule has 0 spiro atoms. The lowest BCUT2D eigenvalue weighted by atomic mass is 10.2. The molecule has 0 radical (unpaired) electrons. The van der Waals surface area contributed by atoms with Crippen molar-refractivity contribution >= 4 is 41.2 Å². The van der Waals surface area contributed by atoms with Crippen molar-refractivity contribution in [2.45, 2.75) is 13.8 Å². The first-order chi connectivity index (χ1) is 13.9. The largest absolute Gasteiger partial charge is 0.483 e. The number of halogens is 1. The molecule has 0 saturated carbocycles. The van der Waals surface area contributed by atoms with Gasteiger partial charge in [0.15, 0.2) is 6.61 Å². The number of carbonyl (C=O) groups excluding carboxylic acids is 3. The fourth-order valence-electron chi connectivity index (χ4n) is 2.23. The van der Waals surface area contributed by atoms with Gasteiger partial charge in [-0.25, -0.2) is 5.43 Å². The third-order valence-electron chi connectivity index (χ3n) is 3.66. The van der Waals surface area contributed by atoms with E-state index in [0.29, 0.717) is 28.6 Å². The van der Waals surface area contributed by atoms with E-state index in [1.165, 1.54) is 6.21 Å². The number of hydrazone groups is 1. The lowest BCUT2D eigenvalue weighted by molar-refractivity contribution is -0.139. The van der Waals surface area contributed by atoms with E-state index in [0.717, 1.165) is 5.56 Å². The topological polar surface area (TPSA) is 109 Å². The molecule has 0 unspecified atom stereocenters. The van der Waals surface area contributed by atoms with Crippen LogP contribution in [0.3, 0.4) is 0 Å². The summed E-state index contributed by atoms with van der Waals surface area (Å²) in [6.45, 7) is 3.66. The molecule has 2 aromatic rings. The van der Waals surface area contributed by atoms with E-state index in [4.69, 9.17) is 16.3 Å². The molecule has 3 amide bonds.